The molecule has 0 spiro atoms. The van der Waals surface area contributed by atoms with E-state index in [-0.39, 0.29) is 0 Å². The monoisotopic (exact) mass is 234 g/mol. The molecule has 2 rings (SSSR count). The predicted octanol–water partition coefficient (Wildman–Crippen LogP) is 1.21. The van der Waals surface area contributed by atoms with Crippen LogP contribution in [0.4, 0.5) is 0 Å². The van der Waals surface area contributed by atoms with Gasteiger partial charge < -0.3 is 10.0 Å². The largest absolute Gasteiger partial charge is 0.384 e. The molecule has 4 atom stereocenters. The van der Waals surface area contributed by atoms with Crippen LogP contribution in [0.2, 0.25) is 0 Å². The zero-order chi connectivity index (χ0) is 12.5. The normalized spacial score (nSPS) is 38.0. The number of rotatable bonds is 2. The van der Waals surface area contributed by atoms with E-state index in [2.05, 4.69) is 32.9 Å². The Balaban J connectivity index is 2.26. The zero-order valence-electron chi connectivity index (χ0n) is 11.1. The van der Waals surface area contributed by atoms with Gasteiger partial charge in [-0.25, -0.2) is 0 Å². The van der Waals surface area contributed by atoms with Gasteiger partial charge in [-0.3, -0.25) is 0 Å². The van der Waals surface area contributed by atoms with Crippen molar-refractivity contribution >= 4 is 0 Å². The lowest BCUT2D eigenvalue weighted by Crippen LogP contribution is -3.17. The number of benzene rings is 1. The average molecular weight is 234 g/mol. The van der Waals surface area contributed by atoms with Crippen LogP contribution in [-0.2, 0) is 5.60 Å². The summed E-state index contributed by atoms with van der Waals surface area (Å²) in [6.07, 6.45) is 0.862. The second kappa shape index (κ2) is 4.79. The molecule has 0 amide bonds. The minimum atomic E-state index is -0.640. The Morgan fingerprint density at radius 1 is 1.29 bits per heavy atom. The zero-order valence-corrected chi connectivity index (χ0v) is 11.1. The molecule has 1 aliphatic rings. The summed E-state index contributed by atoms with van der Waals surface area (Å²) in [6, 6.07) is 10.7. The highest BCUT2D eigenvalue weighted by molar-refractivity contribution is 5.23. The molecule has 17 heavy (non-hydrogen) atoms. The van der Waals surface area contributed by atoms with Crippen LogP contribution in [-0.4, -0.2) is 24.2 Å². The van der Waals surface area contributed by atoms with Crippen LogP contribution in [0.3, 0.4) is 0 Å². The number of hydrogen-bond acceptors (Lipinski definition) is 1. The third-order valence-corrected chi connectivity index (χ3v) is 4.43. The fourth-order valence-corrected chi connectivity index (χ4v) is 3.20. The maximum Gasteiger partial charge on any atom is 0.103 e. The number of nitrogens with one attached hydrogen (secondary N) is 1. The first kappa shape index (κ1) is 12.6. The number of piperidine rings is 1. The lowest BCUT2D eigenvalue weighted by Gasteiger charge is -2.44. The van der Waals surface area contributed by atoms with E-state index in [0.717, 1.165) is 25.1 Å². The second-order valence-corrected chi connectivity index (χ2v) is 5.51. The fraction of sp³-hybridized carbons (Fsp3) is 0.600. The quantitative estimate of drug-likeness (QED) is 0.790. The Morgan fingerprint density at radius 2 is 1.94 bits per heavy atom. The lowest BCUT2D eigenvalue weighted by atomic mass is 9.74. The lowest BCUT2D eigenvalue weighted by molar-refractivity contribution is -0.933. The van der Waals surface area contributed by atoms with Crippen LogP contribution in [0.1, 0.15) is 32.8 Å². The van der Waals surface area contributed by atoms with Crippen LogP contribution in [0.5, 0.6) is 0 Å². The summed E-state index contributed by atoms with van der Waals surface area (Å²) in [6.45, 7) is 8.86. The van der Waals surface area contributed by atoms with Gasteiger partial charge in [0.1, 0.15) is 5.60 Å². The van der Waals surface area contributed by atoms with E-state index in [1.807, 2.05) is 18.2 Å². The smallest absolute Gasteiger partial charge is 0.103 e. The first-order chi connectivity index (χ1) is 8.08. The van der Waals surface area contributed by atoms with Crippen molar-refractivity contribution in [1.29, 1.82) is 0 Å². The first-order valence-electron chi connectivity index (χ1n) is 6.70. The first-order valence-corrected chi connectivity index (χ1v) is 6.70. The second-order valence-electron chi connectivity index (χ2n) is 5.51. The molecule has 1 fully saturated rings. The van der Waals surface area contributed by atoms with Crippen molar-refractivity contribution in [2.75, 3.05) is 13.1 Å². The van der Waals surface area contributed by atoms with Crippen molar-refractivity contribution in [1.82, 2.24) is 0 Å². The maximum atomic E-state index is 11.0. The van der Waals surface area contributed by atoms with Gasteiger partial charge in [0.15, 0.2) is 0 Å². The van der Waals surface area contributed by atoms with Gasteiger partial charge in [0.2, 0.25) is 0 Å². The van der Waals surface area contributed by atoms with Crippen molar-refractivity contribution in [3.05, 3.63) is 35.9 Å². The molecule has 1 aliphatic heterocycles. The maximum absolute atomic E-state index is 11.0. The summed E-state index contributed by atoms with van der Waals surface area (Å²) in [4.78, 5) is 1.61. The van der Waals surface area contributed by atoms with E-state index in [0.29, 0.717) is 12.0 Å². The molecular weight excluding hydrogens is 210 g/mol. The summed E-state index contributed by atoms with van der Waals surface area (Å²) >= 11 is 0. The molecule has 2 nitrogen and oxygen atoms in total. The molecule has 2 N–H and O–H groups in total. The molecule has 0 aliphatic carbocycles. The summed E-state index contributed by atoms with van der Waals surface area (Å²) in [5.74, 6) is 0.316. The minimum Gasteiger partial charge on any atom is -0.384 e. The molecule has 1 aromatic carbocycles. The van der Waals surface area contributed by atoms with E-state index < -0.39 is 5.60 Å². The number of aliphatic hydroxyl groups is 1. The highest BCUT2D eigenvalue weighted by Crippen LogP contribution is 2.35. The molecule has 2 heteroatoms. The van der Waals surface area contributed by atoms with Gasteiger partial charge in [-0.15, -0.1) is 0 Å². The van der Waals surface area contributed by atoms with Gasteiger partial charge in [0.05, 0.1) is 19.1 Å². The van der Waals surface area contributed by atoms with Crippen LogP contribution in [0.15, 0.2) is 30.3 Å². The van der Waals surface area contributed by atoms with E-state index >= 15 is 0 Å². The van der Waals surface area contributed by atoms with Crippen molar-refractivity contribution in [2.24, 2.45) is 5.92 Å². The number of likely N-dealkylation sites (tertiary alicyclic amines) is 1. The molecule has 0 aromatic heterocycles. The summed E-state index contributed by atoms with van der Waals surface area (Å²) < 4.78 is 0. The van der Waals surface area contributed by atoms with Crippen molar-refractivity contribution in [2.45, 2.75) is 38.8 Å². The Kier molecular flexibility index (Phi) is 3.55. The van der Waals surface area contributed by atoms with Crippen LogP contribution in [0.25, 0.3) is 0 Å². The third-order valence-electron chi connectivity index (χ3n) is 4.43. The standard InChI is InChI=1S/C15H23NO/c1-4-16-11-12(2)15(17,10-13(16)3)14-8-6-5-7-9-14/h5-9,12-13,17H,4,10-11H2,1-3H3/p+1/t12-,13+,15+/m1/s1. The van der Waals surface area contributed by atoms with Crippen LogP contribution < -0.4 is 4.90 Å². The molecule has 1 heterocycles. The summed E-state index contributed by atoms with van der Waals surface area (Å²) in [7, 11) is 0. The van der Waals surface area contributed by atoms with E-state index in [4.69, 9.17) is 0 Å². The average Bonchev–Trinajstić information content (AvgIpc) is 2.35. The van der Waals surface area contributed by atoms with Crippen LogP contribution in [0, 0.1) is 5.92 Å². The summed E-state index contributed by atoms with van der Waals surface area (Å²) in [5, 5.41) is 11.0. The molecule has 1 aromatic rings. The highest BCUT2D eigenvalue weighted by Gasteiger charge is 2.45. The van der Waals surface area contributed by atoms with E-state index in [1.54, 1.807) is 4.90 Å². The van der Waals surface area contributed by atoms with Gasteiger partial charge >= 0.3 is 0 Å². The Bertz CT molecular complexity index is 364. The predicted molar refractivity (Wildman–Crippen MR) is 70.0 cm³/mol. The van der Waals surface area contributed by atoms with Gasteiger partial charge in [0.25, 0.3) is 0 Å². The van der Waals surface area contributed by atoms with Gasteiger partial charge in [-0.2, -0.15) is 0 Å². The molecule has 1 unspecified atom stereocenters. The van der Waals surface area contributed by atoms with E-state index in [9.17, 15) is 5.11 Å². The van der Waals surface area contributed by atoms with Gasteiger partial charge in [-0.1, -0.05) is 37.3 Å². The topological polar surface area (TPSA) is 24.7 Å². The molecule has 94 valence electrons. The number of quaternary nitrogens is 1. The van der Waals surface area contributed by atoms with Gasteiger partial charge in [-0.05, 0) is 19.4 Å². The Labute approximate surface area is 104 Å². The number of hydrogen-bond donors (Lipinski definition) is 2. The summed E-state index contributed by atoms with van der Waals surface area (Å²) in [5.41, 5.74) is 0.439. The molecule has 0 bridgehead atoms. The Hall–Kier alpha value is -0.860. The van der Waals surface area contributed by atoms with Crippen LogP contribution >= 0.6 is 0 Å². The fourth-order valence-electron chi connectivity index (χ4n) is 3.20. The molecule has 1 saturated heterocycles. The highest BCUT2D eigenvalue weighted by atomic mass is 16.3. The minimum absolute atomic E-state index is 0.316. The van der Waals surface area contributed by atoms with Gasteiger partial charge in [0, 0.05) is 12.3 Å². The third kappa shape index (κ3) is 2.24. The van der Waals surface area contributed by atoms with Crippen molar-refractivity contribution < 1.29 is 10.0 Å². The molecular formula is C15H24NO+. The Morgan fingerprint density at radius 3 is 2.53 bits per heavy atom. The molecule has 0 saturated carbocycles. The van der Waals surface area contributed by atoms with Crippen molar-refractivity contribution in [3.8, 4) is 0 Å². The SMILES string of the molecule is CC[NH+]1C[C@@H](C)[C@](O)(c2ccccc2)C[C@@H]1C. The molecule has 0 radical (unpaired) electrons. The van der Waals surface area contributed by atoms with E-state index in [1.165, 1.54) is 0 Å². The van der Waals surface area contributed by atoms with Crippen molar-refractivity contribution in [3.63, 3.8) is 0 Å².